The lowest BCUT2D eigenvalue weighted by molar-refractivity contribution is 0.0553. The SMILES string of the molecule is CCCC1(N)CN(Cc2ccn(C(CC)CC)n2)C1. The summed E-state index contributed by atoms with van der Waals surface area (Å²) in [6, 6.07) is 2.69. The smallest absolute Gasteiger partial charge is 0.0764 e. The fourth-order valence-electron chi connectivity index (χ4n) is 3.17. The molecule has 1 aromatic heterocycles. The predicted octanol–water partition coefficient (Wildman–Crippen LogP) is 2.56. The zero-order valence-corrected chi connectivity index (χ0v) is 12.6. The van der Waals surface area contributed by atoms with Crippen molar-refractivity contribution in [3.05, 3.63) is 18.0 Å². The summed E-state index contributed by atoms with van der Waals surface area (Å²) in [5.41, 5.74) is 7.52. The highest BCUT2D eigenvalue weighted by Crippen LogP contribution is 2.25. The summed E-state index contributed by atoms with van der Waals surface area (Å²) in [5, 5.41) is 4.70. The Hall–Kier alpha value is -0.870. The number of hydrogen-bond acceptors (Lipinski definition) is 3. The third-order valence-electron chi connectivity index (χ3n) is 4.19. The number of likely N-dealkylation sites (tertiary alicyclic amines) is 1. The lowest BCUT2D eigenvalue weighted by Gasteiger charge is -2.47. The first-order chi connectivity index (χ1) is 9.10. The Balaban J connectivity index is 1.85. The third kappa shape index (κ3) is 3.37. The number of nitrogens with zero attached hydrogens (tertiary/aromatic N) is 3. The maximum Gasteiger partial charge on any atom is 0.0764 e. The Morgan fingerprint density at radius 1 is 1.32 bits per heavy atom. The van der Waals surface area contributed by atoms with Gasteiger partial charge in [0.2, 0.25) is 0 Å². The van der Waals surface area contributed by atoms with Gasteiger partial charge in [0.25, 0.3) is 0 Å². The lowest BCUT2D eigenvalue weighted by atomic mass is 9.86. The zero-order chi connectivity index (χ0) is 13.9. The molecule has 2 rings (SSSR count). The van der Waals surface area contributed by atoms with Gasteiger partial charge in [-0.15, -0.1) is 0 Å². The van der Waals surface area contributed by atoms with Crippen molar-refractivity contribution in [1.82, 2.24) is 14.7 Å². The molecule has 0 radical (unpaired) electrons. The van der Waals surface area contributed by atoms with Gasteiger partial charge in [0.1, 0.15) is 0 Å². The van der Waals surface area contributed by atoms with Crippen molar-refractivity contribution in [3.63, 3.8) is 0 Å². The summed E-state index contributed by atoms with van der Waals surface area (Å²) in [4.78, 5) is 2.40. The van der Waals surface area contributed by atoms with E-state index < -0.39 is 0 Å². The molecule has 4 nitrogen and oxygen atoms in total. The fourth-order valence-corrected chi connectivity index (χ4v) is 3.17. The highest BCUT2D eigenvalue weighted by molar-refractivity contribution is 5.05. The molecule has 0 bridgehead atoms. The molecule has 0 unspecified atom stereocenters. The van der Waals surface area contributed by atoms with Crippen molar-refractivity contribution in [1.29, 1.82) is 0 Å². The third-order valence-corrected chi connectivity index (χ3v) is 4.19. The van der Waals surface area contributed by atoms with Crippen LogP contribution in [0.15, 0.2) is 12.3 Å². The van der Waals surface area contributed by atoms with Gasteiger partial charge in [-0.1, -0.05) is 27.2 Å². The summed E-state index contributed by atoms with van der Waals surface area (Å²) in [6.07, 6.45) is 6.71. The van der Waals surface area contributed by atoms with E-state index in [1.165, 1.54) is 12.1 Å². The van der Waals surface area contributed by atoms with Gasteiger partial charge in [-0.2, -0.15) is 5.10 Å². The molecule has 2 heterocycles. The molecule has 0 aromatic carbocycles. The van der Waals surface area contributed by atoms with Gasteiger partial charge in [0, 0.05) is 31.4 Å². The summed E-state index contributed by atoms with van der Waals surface area (Å²) < 4.78 is 2.12. The second-order valence-electron chi connectivity index (χ2n) is 6.01. The van der Waals surface area contributed by atoms with Crippen molar-refractivity contribution >= 4 is 0 Å². The maximum absolute atomic E-state index is 6.29. The van der Waals surface area contributed by atoms with Crippen LogP contribution in [0.4, 0.5) is 0 Å². The Kier molecular flexibility index (Phi) is 4.63. The van der Waals surface area contributed by atoms with Crippen molar-refractivity contribution in [2.24, 2.45) is 5.73 Å². The molecule has 1 aromatic rings. The van der Waals surface area contributed by atoms with Gasteiger partial charge in [-0.3, -0.25) is 9.58 Å². The summed E-state index contributed by atoms with van der Waals surface area (Å²) >= 11 is 0. The van der Waals surface area contributed by atoms with Crippen LogP contribution in [-0.4, -0.2) is 33.3 Å². The minimum absolute atomic E-state index is 0.0622. The molecule has 4 heteroatoms. The van der Waals surface area contributed by atoms with Gasteiger partial charge < -0.3 is 5.73 Å². The van der Waals surface area contributed by atoms with Crippen LogP contribution in [-0.2, 0) is 6.54 Å². The molecule has 19 heavy (non-hydrogen) atoms. The number of aromatic nitrogens is 2. The van der Waals surface area contributed by atoms with Crippen molar-refractivity contribution in [2.75, 3.05) is 13.1 Å². The van der Waals surface area contributed by atoms with Crippen LogP contribution in [0.3, 0.4) is 0 Å². The van der Waals surface area contributed by atoms with Crippen LogP contribution in [0.5, 0.6) is 0 Å². The van der Waals surface area contributed by atoms with Gasteiger partial charge >= 0.3 is 0 Å². The molecule has 1 aliphatic rings. The van der Waals surface area contributed by atoms with E-state index in [2.05, 4.69) is 42.6 Å². The number of nitrogens with two attached hydrogens (primary N) is 1. The van der Waals surface area contributed by atoms with Crippen LogP contribution >= 0.6 is 0 Å². The van der Waals surface area contributed by atoms with Crippen molar-refractivity contribution in [2.45, 2.75) is 64.6 Å². The molecule has 0 spiro atoms. The zero-order valence-electron chi connectivity index (χ0n) is 12.6. The van der Waals surface area contributed by atoms with Crippen LogP contribution < -0.4 is 5.73 Å². The number of hydrogen-bond donors (Lipinski definition) is 1. The van der Waals surface area contributed by atoms with Crippen LogP contribution in [0.2, 0.25) is 0 Å². The molecule has 0 atom stereocenters. The van der Waals surface area contributed by atoms with Gasteiger partial charge in [-0.25, -0.2) is 0 Å². The molecule has 1 saturated heterocycles. The van der Waals surface area contributed by atoms with E-state index in [9.17, 15) is 0 Å². The Bertz CT molecular complexity index is 389. The van der Waals surface area contributed by atoms with Crippen molar-refractivity contribution < 1.29 is 0 Å². The van der Waals surface area contributed by atoms with Gasteiger partial charge in [0.15, 0.2) is 0 Å². The van der Waals surface area contributed by atoms with Crippen LogP contribution in [0, 0.1) is 0 Å². The Morgan fingerprint density at radius 3 is 2.58 bits per heavy atom. The summed E-state index contributed by atoms with van der Waals surface area (Å²) in [5.74, 6) is 0. The second-order valence-corrected chi connectivity index (χ2v) is 6.01. The topological polar surface area (TPSA) is 47.1 Å². The molecule has 1 aliphatic heterocycles. The molecule has 108 valence electrons. The molecule has 1 fully saturated rings. The van der Waals surface area contributed by atoms with Crippen molar-refractivity contribution in [3.8, 4) is 0 Å². The molecule has 0 aliphatic carbocycles. The minimum Gasteiger partial charge on any atom is -0.323 e. The highest BCUT2D eigenvalue weighted by Gasteiger charge is 2.38. The standard InChI is InChI=1S/C15H28N4/c1-4-8-15(16)11-18(12-15)10-13-7-9-19(17-13)14(5-2)6-3/h7,9,14H,4-6,8,10-12,16H2,1-3H3. The maximum atomic E-state index is 6.29. The normalized spacial score (nSPS) is 18.8. The van der Waals surface area contributed by atoms with Crippen LogP contribution in [0.25, 0.3) is 0 Å². The second kappa shape index (κ2) is 6.06. The van der Waals surface area contributed by atoms with Gasteiger partial charge in [-0.05, 0) is 25.3 Å². The first-order valence-electron chi connectivity index (χ1n) is 7.65. The first-order valence-corrected chi connectivity index (χ1v) is 7.65. The largest absolute Gasteiger partial charge is 0.323 e. The first kappa shape index (κ1) is 14.5. The van der Waals surface area contributed by atoms with Gasteiger partial charge in [0.05, 0.1) is 11.7 Å². The molecule has 2 N–H and O–H groups in total. The molecule has 0 amide bonds. The molecular formula is C15H28N4. The molecule has 0 saturated carbocycles. The van der Waals surface area contributed by atoms with E-state index in [-0.39, 0.29) is 5.54 Å². The monoisotopic (exact) mass is 264 g/mol. The van der Waals surface area contributed by atoms with E-state index >= 15 is 0 Å². The average molecular weight is 264 g/mol. The van der Waals surface area contributed by atoms with Crippen LogP contribution in [0.1, 0.15) is 58.2 Å². The quantitative estimate of drug-likeness (QED) is 0.823. The average Bonchev–Trinajstić information content (AvgIpc) is 2.78. The molecular weight excluding hydrogens is 236 g/mol. The predicted molar refractivity (Wildman–Crippen MR) is 78.9 cm³/mol. The Morgan fingerprint density at radius 2 is 2.00 bits per heavy atom. The fraction of sp³-hybridized carbons (Fsp3) is 0.800. The van der Waals surface area contributed by atoms with E-state index in [1.807, 2.05) is 0 Å². The number of rotatable bonds is 7. The summed E-state index contributed by atoms with van der Waals surface area (Å²) in [7, 11) is 0. The van der Waals surface area contributed by atoms with E-state index in [0.717, 1.165) is 38.9 Å². The Labute approximate surface area is 117 Å². The van der Waals surface area contributed by atoms with E-state index in [0.29, 0.717) is 6.04 Å². The lowest BCUT2D eigenvalue weighted by Crippen LogP contribution is -2.66. The minimum atomic E-state index is 0.0622. The van der Waals surface area contributed by atoms with E-state index in [1.54, 1.807) is 0 Å². The van der Waals surface area contributed by atoms with E-state index in [4.69, 9.17) is 10.8 Å². The highest BCUT2D eigenvalue weighted by atomic mass is 15.3. The summed E-state index contributed by atoms with van der Waals surface area (Å²) in [6.45, 7) is 9.61.